The molecular formula is C16H14F2N2O3S. The van der Waals surface area contributed by atoms with Crippen molar-refractivity contribution >= 4 is 21.8 Å². The molecule has 0 spiro atoms. The van der Waals surface area contributed by atoms with Gasteiger partial charge in [-0.25, -0.2) is 13.5 Å². The number of nitrogens with zero attached hydrogens (tertiary/aromatic N) is 1. The summed E-state index contributed by atoms with van der Waals surface area (Å²) in [4.78, 5) is 12.0. The van der Waals surface area contributed by atoms with Crippen LogP contribution in [0.1, 0.15) is 11.1 Å². The van der Waals surface area contributed by atoms with E-state index in [4.69, 9.17) is 0 Å². The predicted molar refractivity (Wildman–Crippen MR) is 84.6 cm³/mol. The molecule has 0 saturated carbocycles. The summed E-state index contributed by atoms with van der Waals surface area (Å²) in [6.45, 7) is 0.204. The summed E-state index contributed by atoms with van der Waals surface area (Å²) in [5.41, 5.74) is 0.886. The van der Waals surface area contributed by atoms with Crippen LogP contribution < -0.4 is 9.03 Å². The van der Waals surface area contributed by atoms with Gasteiger partial charge in [0.05, 0.1) is 12.1 Å². The van der Waals surface area contributed by atoms with E-state index in [1.165, 1.54) is 6.07 Å². The molecule has 2 aromatic carbocycles. The lowest BCUT2D eigenvalue weighted by molar-refractivity contribution is -0.118. The second kappa shape index (κ2) is 6.20. The van der Waals surface area contributed by atoms with Crippen molar-refractivity contribution in [3.05, 3.63) is 65.2 Å². The van der Waals surface area contributed by atoms with Crippen molar-refractivity contribution in [2.24, 2.45) is 0 Å². The van der Waals surface area contributed by atoms with Gasteiger partial charge < -0.3 is 0 Å². The van der Waals surface area contributed by atoms with Gasteiger partial charge in [0.25, 0.3) is 0 Å². The fourth-order valence-corrected chi connectivity index (χ4v) is 3.89. The number of carbonyl (C=O) groups excluding carboxylic acids is 1. The van der Waals surface area contributed by atoms with Crippen LogP contribution in [0.5, 0.6) is 0 Å². The lowest BCUT2D eigenvalue weighted by atomic mass is 10.1. The highest BCUT2D eigenvalue weighted by Crippen LogP contribution is 2.29. The highest BCUT2D eigenvalue weighted by atomic mass is 32.2. The highest BCUT2D eigenvalue weighted by molar-refractivity contribution is 7.91. The second-order valence-corrected chi connectivity index (χ2v) is 6.95. The number of amides is 1. The van der Waals surface area contributed by atoms with E-state index >= 15 is 0 Å². The average molecular weight is 352 g/mol. The van der Waals surface area contributed by atoms with Crippen LogP contribution in [0.4, 0.5) is 14.5 Å². The smallest absolute Gasteiger partial charge is 0.274 e. The number of fused-ring (bicyclic) bond motifs is 1. The Morgan fingerprint density at radius 3 is 2.46 bits per heavy atom. The number of carbonyl (C=O) groups is 1. The molecule has 3 rings (SSSR count). The maximum Gasteiger partial charge on any atom is 0.326 e. The first-order valence-electron chi connectivity index (χ1n) is 7.22. The van der Waals surface area contributed by atoms with Gasteiger partial charge in [0.1, 0.15) is 11.6 Å². The molecule has 1 aliphatic heterocycles. The number of para-hydroxylation sites is 1. The van der Waals surface area contributed by atoms with Crippen LogP contribution in [-0.2, 0) is 27.8 Å². The fourth-order valence-electron chi connectivity index (χ4n) is 2.65. The van der Waals surface area contributed by atoms with Crippen LogP contribution >= 0.6 is 0 Å². The Kier molecular flexibility index (Phi) is 4.23. The highest BCUT2D eigenvalue weighted by Gasteiger charge is 2.30. The van der Waals surface area contributed by atoms with Gasteiger partial charge in [-0.3, -0.25) is 9.10 Å². The molecule has 0 aliphatic carbocycles. The minimum absolute atomic E-state index is 0.204. The summed E-state index contributed by atoms with van der Waals surface area (Å²) in [5.74, 6) is -2.79. The number of nitrogens with one attached hydrogen (secondary N) is 1. The Morgan fingerprint density at radius 2 is 1.75 bits per heavy atom. The van der Waals surface area contributed by atoms with Gasteiger partial charge in [-0.05, 0) is 30.2 Å². The Bertz CT molecular complexity index is 880. The van der Waals surface area contributed by atoms with Crippen molar-refractivity contribution in [1.82, 2.24) is 4.72 Å². The molecule has 0 atom stereocenters. The first-order chi connectivity index (χ1) is 11.4. The van der Waals surface area contributed by atoms with Crippen molar-refractivity contribution in [2.75, 3.05) is 10.8 Å². The third-order valence-corrected chi connectivity index (χ3v) is 5.22. The van der Waals surface area contributed by atoms with Crippen molar-refractivity contribution in [3.63, 3.8) is 0 Å². The molecule has 126 valence electrons. The van der Waals surface area contributed by atoms with E-state index in [1.807, 2.05) is 4.72 Å². The molecule has 5 nitrogen and oxygen atoms in total. The monoisotopic (exact) mass is 352 g/mol. The third-order valence-electron chi connectivity index (χ3n) is 3.78. The lowest BCUT2D eigenvalue weighted by Gasteiger charge is -2.19. The van der Waals surface area contributed by atoms with E-state index < -0.39 is 39.7 Å². The third kappa shape index (κ3) is 3.09. The summed E-state index contributed by atoms with van der Waals surface area (Å²) >= 11 is 0. The molecule has 0 radical (unpaired) electrons. The SMILES string of the molecule is O=C(Cc1c(F)cccc1F)NS(=O)(=O)N1CCc2ccccc21. The van der Waals surface area contributed by atoms with E-state index in [9.17, 15) is 22.0 Å². The molecule has 24 heavy (non-hydrogen) atoms. The summed E-state index contributed by atoms with van der Waals surface area (Å²) in [6, 6.07) is 10.1. The molecule has 0 unspecified atom stereocenters. The van der Waals surface area contributed by atoms with Gasteiger partial charge >= 0.3 is 10.2 Å². The number of hydrogen-bond acceptors (Lipinski definition) is 3. The number of halogens is 2. The minimum atomic E-state index is -4.13. The molecule has 1 N–H and O–H groups in total. The fraction of sp³-hybridized carbons (Fsp3) is 0.188. The number of benzene rings is 2. The first-order valence-corrected chi connectivity index (χ1v) is 8.66. The molecule has 0 saturated heterocycles. The standard InChI is InChI=1S/C16H14F2N2O3S/c17-13-5-3-6-14(18)12(13)10-16(21)19-24(22,23)20-9-8-11-4-1-2-7-15(11)20/h1-7H,8-10H2,(H,19,21). The van der Waals surface area contributed by atoms with Crippen LogP contribution in [0.15, 0.2) is 42.5 Å². The maximum atomic E-state index is 13.6. The zero-order valence-corrected chi connectivity index (χ0v) is 13.3. The lowest BCUT2D eigenvalue weighted by Crippen LogP contribution is -2.43. The zero-order chi connectivity index (χ0) is 17.3. The van der Waals surface area contributed by atoms with Crippen LogP contribution in [0.2, 0.25) is 0 Å². The van der Waals surface area contributed by atoms with Crippen molar-refractivity contribution in [3.8, 4) is 0 Å². The van der Waals surface area contributed by atoms with Crippen LogP contribution in [0, 0.1) is 11.6 Å². The molecular weight excluding hydrogens is 338 g/mol. The van der Waals surface area contributed by atoms with Gasteiger partial charge in [-0.15, -0.1) is 0 Å². The second-order valence-electron chi connectivity index (χ2n) is 5.36. The normalized spacial score (nSPS) is 13.7. The summed E-state index contributed by atoms with van der Waals surface area (Å²) < 4.78 is 54.8. The average Bonchev–Trinajstić information content (AvgIpc) is 2.95. The quantitative estimate of drug-likeness (QED) is 0.914. The van der Waals surface area contributed by atoms with Crippen LogP contribution in [0.25, 0.3) is 0 Å². The Hall–Kier alpha value is -2.48. The van der Waals surface area contributed by atoms with Gasteiger partial charge in [-0.2, -0.15) is 8.42 Å². The maximum absolute atomic E-state index is 13.6. The molecule has 8 heteroatoms. The van der Waals surface area contributed by atoms with Gasteiger partial charge in [0.2, 0.25) is 5.91 Å². The molecule has 1 heterocycles. The summed E-state index contributed by atoms with van der Waals surface area (Å²) in [6.07, 6.45) is -0.166. The summed E-state index contributed by atoms with van der Waals surface area (Å²) in [7, 11) is -4.13. The molecule has 0 fully saturated rings. The Balaban J connectivity index is 1.77. The van der Waals surface area contributed by atoms with Gasteiger partial charge in [0, 0.05) is 12.1 Å². The molecule has 1 amide bonds. The first kappa shape index (κ1) is 16.4. The molecule has 2 aromatic rings. The number of hydrogen-bond donors (Lipinski definition) is 1. The van der Waals surface area contributed by atoms with Gasteiger partial charge in [-0.1, -0.05) is 24.3 Å². The Morgan fingerprint density at radius 1 is 1.08 bits per heavy atom. The van der Waals surface area contributed by atoms with Crippen molar-refractivity contribution < 1.29 is 22.0 Å². The largest absolute Gasteiger partial charge is 0.326 e. The number of anilines is 1. The number of rotatable bonds is 4. The molecule has 1 aliphatic rings. The van der Waals surface area contributed by atoms with Crippen molar-refractivity contribution in [2.45, 2.75) is 12.8 Å². The van der Waals surface area contributed by atoms with E-state index in [0.29, 0.717) is 12.1 Å². The van der Waals surface area contributed by atoms with E-state index in [0.717, 1.165) is 22.0 Å². The summed E-state index contributed by atoms with van der Waals surface area (Å²) in [5, 5.41) is 0. The van der Waals surface area contributed by atoms with Crippen molar-refractivity contribution in [1.29, 1.82) is 0 Å². The molecule has 0 aromatic heterocycles. The van der Waals surface area contributed by atoms with Gasteiger partial charge in [0.15, 0.2) is 0 Å². The minimum Gasteiger partial charge on any atom is -0.274 e. The topological polar surface area (TPSA) is 66.5 Å². The van der Waals surface area contributed by atoms with E-state index in [1.54, 1.807) is 24.3 Å². The van der Waals surface area contributed by atoms with E-state index in [2.05, 4.69) is 0 Å². The zero-order valence-electron chi connectivity index (χ0n) is 12.5. The molecule has 0 bridgehead atoms. The van der Waals surface area contributed by atoms with E-state index in [-0.39, 0.29) is 6.54 Å². The Labute approximate surface area is 138 Å². The predicted octanol–water partition coefficient (Wildman–Crippen LogP) is 1.93. The van der Waals surface area contributed by atoms with Crippen LogP contribution in [0.3, 0.4) is 0 Å². The van der Waals surface area contributed by atoms with Crippen LogP contribution in [-0.4, -0.2) is 20.9 Å².